The molecule has 1 aromatic carbocycles. The number of hydrogen-bond acceptors (Lipinski definition) is 6. The molecule has 0 unspecified atom stereocenters. The van der Waals surface area contributed by atoms with E-state index < -0.39 is 0 Å². The second kappa shape index (κ2) is 6.34. The molecular weight excluding hydrogens is 328 g/mol. The smallest absolute Gasteiger partial charge is 0.259 e. The Bertz CT molecular complexity index is 1060. The van der Waals surface area contributed by atoms with Crippen LogP contribution in [0.15, 0.2) is 41.1 Å². The molecule has 26 heavy (non-hydrogen) atoms. The fourth-order valence-corrected chi connectivity index (χ4v) is 2.96. The minimum atomic E-state index is 0.468. The molecule has 132 valence electrons. The zero-order valence-electron chi connectivity index (χ0n) is 15.3. The number of hydrogen-bond donors (Lipinski definition) is 0. The van der Waals surface area contributed by atoms with Crippen LogP contribution in [0.3, 0.4) is 0 Å². The van der Waals surface area contributed by atoms with Crippen molar-refractivity contribution in [2.45, 2.75) is 20.4 Å². The van der Waals surface area contributed by atoms with Crippen molar-refractivity contribution in [3.63, 3.8) is 0 Å². The summed E-state index contributed by atoms with van der Waals surface area (Å²) in [6.45, 7) is 4.76. The lowest BCUT2D eigenvalue weighted by molar-refractivity contribution is 0.402. The van der Waals surface area contributed by atoms with Crippen LogP contribution in [0.25, 0.3) is 28.5 Å². The molecule has 0 radical (unpaired) electrons. The molecule has 0 N–H and O–H groups in total. The highest BCUT2D eigenvalue weighted by molar-refractivity contribution is 5.62. The Labute approximate surface area is 151 Å². The summed E-state index contributed by atoms with van der Waals surface area (Å²) in [7, 11) is 4.10. The molecule has 7 nitrogen and oxygen atoms in total. The minimum Gasteiger partial charge on any atom is -0.334 e. The van der Waals surface area contributed by atoms with E-state index in [1.165, 1.54) is 5.56 Å². The summed E-state index contributed by atoms with van der Waals surface area (Å²) >= 11 is 0. The zero-order valence-corrected chi connectivity index (χ0v) is 15.3. The standard InChI is InChI=1S/C19H20N6O/c1-12-9-16(11-25-18(12)20-13(2)22-25)19-21-17(23-26-19)15-7-5-14(6-8-15)10-24(3)4/h5-9,11H,10H2,1-4H3. The van der Waals surface area contributed by atoms with Crippen molar-refractivity contribution in [1.29, 1.82) is 0 Å². The Morgan fingerprint density at radius 1 is 1.04 bits per heavy atom. The Morgan fingerprint density at radius 3 is 2.54 bits per heavy atom. The molecule has 0 saturated carbocycles. The average molecular weight is 348 g/mol. The highest BCUT2D eigenvalue weighted by atomic mass is 16.5. The van der Waals surface area contributed by atoms with E-state index in [4.69, 9.17) is 4.52 Å². The van der Waals surface area contributed by atoms with E-state index in [1.807, 2.05) is 38.2 Å². The van der Waals surface area contributed by atoms with Crippen LogP contribution in [0.5, 0.6) is 0 Å². The first-order valence-electron chi connectivity index (χ1n) is 8.41. The SMILES string of the molecule is Cc1nc2c(C)cc(-c3nc(-c4ccc(CN(C)C)cc4)no3)cn2n1. The molecule has 0 aliphatic rings. The maximum atomic E-state index is 5.48. The van der Waals surface area contributed by atoms with Crippen molar-refractivity contribution in [1.82, 2.24) is 29.6 Å². The maximum Gasteiger partial charge on any atom is 0.259 e. The fraction of sp³-hybridized carbons (Fsp3) is 0.263. The van der Waals surface area contributed by atoms with Crippen molar-refractivity contribution < 1.29 is 4.52 Å². The number of rotatable bonds is 4. The van der Waals surface area contributed by atoms with Gasteiger partial charge in [0.05, 0.1) is 5.56 Å². The van der Waals surface area contributed by atoms with Gasteiger partial charge in [-0.05, 0) is 45.1 Å². The fourth-order valence-electron chi connectivity index (χ4n) is 2.96. The van der Waals surface area contributed by atoms with E-state index in [1.54, 1.807) is 4.52 Å². The Kier molecular flexibility index (Phi) is 4.00. The number of nitrogens with zero attached hydrogens (tertiary/aromatic N) is 6. The highest BCUT2D eigenvalue weighted by Crippen LogP contribution is 2.24. The first kappa shape index (κ1) is 16.4. The first-order valence-corrected chi connectivity index (χ1v) is 8.41. The van der Waals surface area contributed by atoms with Crippen molar-refractivity contribution in [3.8, 4) is 22.8 Å². The van der Waals surface area contributed by atoms with Gasteiger partial charge < -0.3 is 9.42 Å². The first-order chi connectivity index (χ1) is 12.5. The van der Waals surface area contributed by atoms with Crippen LogP contribution in [0.4, 0.5) is 0 Å². The minimum absolute atomic E-state index is 0.468. The van der Waals surface area contributed by atoms with E-state index in [9.17, 15) is 0 Å². The van der Waals surface area contributed by atoms with Crippen molar-refractivity contribution in [2.75, 3.05) is 14.1 Å². The second-order valence-electron chi connectivity index (χ2n) is 6.70. The summed E-state index contributed by atoms with van der Waals surface area (Å²) in [5, 5.41) is 8.50. The van der Waals surface area contributed by atoms with Crippen LogP contribution in [-0.2, 0) is 6.54 Å². The van der Waals surface area contributed by atoms with Gasteiger partial charge in [0.1, 0.15) is 5.82 Å². The van der Waals surface area contributed by atoms with Gasteiger partial charge in [-0.25, -0.2) is 9.50 Å². The van der Waals surface area contributed by atoms with Crippen LogP contribution in [0.2, 0.25) is 0 Å². The summed E-state index contributed by atoms with van der Waals surface area (Å²) in [6.07, 6.45) is 1.86. The maximum absolute atomic E-state index is 5.48. The van der Waals surface area contributed by atoms with Crippen LogP contribution in [0.1, 0.15) is 17.0 Å². The van der Waals surface area contributed by atoms with Gasteiger partial charge in [0, 0.05) is 18.3 Å². The van der Waals surface area contributed by atoms with E-state index >= 15 is 0 Å². The molecule has 3 aromatic heterocycles. The van der Waals surface area contributed by atoms with E-state index in [0.717, 1.165) is 34.7 Å². The quantitative estimate of drug-likeness (QED) is 0.564. The van der Waals surface area contributed by atoms with Crippen molar-refractivity contribution >= 4 is 5.65 Å². The summed E-state index contributed by atoms with van der Waals surface area (Å²) < 4.78 is 7.23. The van der Waals surface area contributed by atoms with E-state index in [2.05, 4.69) is 51.4 Å². The molecule has 4 rings (SSSR count). The Morgan fingerprint density at radius 2 is 1.81 bits per heavy atom. The van der Waals surface area contributed by atoms with E-state index in [-0.39, 0.29) is 0 Å². The molecule has 7 heteroatoms. The zero-order chi connectivity index (χ0) is 18.3. The van der Waals surface area contributed by atoms with Gasteiger partial charge in [-0.3, -0.25) is 0 Å². The molecule has 4 aromatic rings. The largest absolute Gasteiger partial charge is 0.334 e. The lowest BCUT2D eigenvalue weighted by atomic mass is 10.1. The lowest BCUT2D eigenvalue weighted by Gasteiger charge is -2.09. The summed E-state index contributed by atoms with van der Waals surface area (Å²) in [5.41, 5.74) is 4.84. The molecule has 0 fully saturated rings. The predicted octanol–water partition coefficient (Wildman–Crippen LogP) is 3.12. The molecular formula is C19H20N6O. The third-order valence-electron chi connectivity index (χ3n) is 4.11. The number of fused-ring (bicyclic) bond motifs is 1. The van der Waals surface area contributed by atoms with Gasteiger partial charge in [-0.15, -0.1) is 0 Å². The van der Waals surface area contributed by atoms with E-state index in [0.29, 0.717) is 11.7 Å². The molecule has 0 saturated heterocycles. The molecule has 0 atom stereocenters. The highest BCUT2D eigenvalue weighted by Gasteiger charge is 2.14. The average Bonchev–Trinajstić information content (AvgIpc) is 3.21. The van der Waals surface area contributed by atoms with Gasteiger partial charge in [0.2, 0.25) is 5.82 Å². The number of aryl methyl sites for hydroxylation is 2. The third-order valence-corrected chi connectivity index (χ3v) is 4.11. The lowest BCUT2D eigenvalue weighted by Crippen LogP contribution is -2.10. The second-order valence-corrected chi connectivity index (χ2v) is 6.70. The number of pyridine rings is 1. The van der Waals surface area contributed by atoms with Crippen LogP contribution in [0, 0.1) is 13.8 Å². The van der Waals surface area contributed by atoms with Gasteiger partial charge in [-0.2, -0.15) is 10.1 Å². The molecule has 0 bridgehead atoms. The van der Waals surface area contributed by atoms with Crippen molar-refractivity contribution in [3.05, 3.63) is 53.5 Å². The van der Waals surface area contributed by atoms with Gasteiger partial charge in [0.25, 0.3) is 5.89 Å². The molecule has 0 amide bonds. The molecule has 0 aliphatic carbocycles. The topological polar surface area (TPSA) is 72.4 Å². The third kappa shape index (κ3) is 3.09. The predicted molar refractivity (Wildman–Crippen MR) is 98.6 cm³/mol. The van der Waals surface area contributed by atoms with Crippen LogP contribution < -0.4 is 0 Å². The normalized spacial score (nSPS) is 11.6. The molecule has 3 heterocycles. The Hall–Kier alpha value is -3.06. The number of aromatic nitrogens is 5. The van der Waals surface area contributed by atoms with Crippen LogP contribution >= 0.6 is 0 Å². The van der Waals surface area contributed by atoms with Crippen molar-refractivity contribution in [2.24, 2.45) is 0 Å². The monoisotopic (exact) mass is 348 g/mol. The van der Waals surface area contributed by atoms with Gasteiger partial charge in [0.15, 0.2) is 5.65 Å². The summed E-state index contributed by atoms with van der Waals surface area (Å²) in [5.74, 6) is 1.77. The van der Waals surface area contributed by atoms with Gasteiger partial charge >= 0.3 is 0 Å². The Balaban J connectivity index is 1.65. The van der Waals surface area contributed by atoms with Crippen LogP contribution in [-0.4, -0.2) is 43.7 Å². The molecule has 0 aliphatic heterocycles. The molecule has 0 spiro atoms. The summed E-state index contributed by atoms with van der Waals surface area (Å²) in [4.78, 5) is 11.1. The van der Waals surface area contributed by atoms with Gasteiger partial charge in [-0.1, -0.05) is 29.4 Å². The number of benzene rings is 1. The summed E-state index contributed by atoms with van der Waals surface area (Å²) in [6, 6.07) is 10.2.